The molecule has 1 heterocycles. The third-order valence-electron chi connectivity index (χ3n) is 3.68. The van der Waals surface area contributed by atoms with Gasteiger partial charge in [0, 0.05) is 6.04 Å². The molecule has 2 fully saturated rings. The Bertz CT molecular complexity index is 155. The van der Waals surface area contributed by atoms with E-state index in [-0.39, 0.29) is 5.60 Å². The maximum Gasteiger partial charge on any atom is 0.0800 e. The lowest BCUT2D eigenvalue weighted by atomic mass is 9.89. The van der Waals surface area contributed by atoms with Crippen LogP contribution in [-0.4, -0.2) is 23.3 Å². The Labute approximate surface area is 80.7 Å². The van der Waals surface area contributed by atoms with Gasteiger partial charge in [-0.3, -0.25) is 0 Å². The first-order chi connectivity index (χ1) is 6.31. The highest BCUT2D eigenvalue weighted by Gasteiger charge is 2.38. The summed E-state index contributed by atoms with van der Waals surface area (Å²) in [6.07, 6.45) is 9.56. The Hall–Kier alpha value is -0.0800. The fraction of sp³-hybridized carbons (Fsp3) is 1.00. The number of nitrogens with one attached hydrogen (secondary N) is 1. The largest absolute Gasteiger partial charge is 0.388 e. The molecule has 2 rings (SSSR count). The van der Waals surface area contributed by atoms with Crippen molar-refractivity contribution in [3.63, 3.8) is 0 Å². The molecule has 1 saturated heterocycles. The number of hydrogen-bond donors (Lipinski definition) is 2. The second-order valence-corrected chi connectivity index (χ2v) is 4.67. The molecule has 13 heavy (non-hydrogen) atoms. The van der Waals surface area contributed by atoms with Crippen LogP contribution in [0.2, 0.25) is 0 Å². The fourth-order valence-corrected chi connectivity index (χ4v) is 2.82. The Morgan fingerprint density at radius 1 is 1.00 bits per heavy atom. The third-order valence-corrected chi connectivity index (χ3v) is 3.68. The average molecular weight is 183 g/mol. The summed E-state index contributed by atoms with van der Waals surface area (Å²) in [4.78, 5) is 0. The first kappa shape index (κ1) is 9.47. The molecule has 2 aliphatic rings. The number of aliphatic hydroxyl groups is 1. The van der Waals surface area contributed by atoms with E-state index in [1.807, 2.05) is 0 Å². The van der Waals surface area contributed by atoms with Gasteiger partial charge in [-0.15, -0.1) is 0 Å². The summed E-state index contributed by atoms with van der Waals surface area (Å²) >= 11 is 0. The Morgan fingerprint density at radius 3 is 2.54 bits per heavy atom. The maximum atomic E-state index is 10.4. The second-order valence-electron chi connectivity index (χ2n) is 4.67. The maximum absolute atomic E-state index is 10.4. The Morgan fingerprint density at radius 2 is 1.77 bits per heavy atom. The van der Waals surface area contributed by atoms with Crippen molar-refractivity contribution >= 4 is 0 Å². The summed E-state index contributed by atoms with van der Waals surface area (Å²) < 4.78 is 0. The van der Waals surface area contributed by atoms with Gasteiger partial charge in [-0.05, 0) is 32.2 Å². The average Bonchev–Trinajstić information content (AvgIpc) is 2.44. The predicted octanol–water partition coefficient (Wildman–Crippen LogP) is 1.82. The van der Waals surface area contributed by atoms with Gasteiger partial charge in [0.2, 0.25) is 0 Å². The quantitative estimate of drug-likeness (QED) is 0.650. The number of rotatable bonds is 1. The minimum atomic E-state index is -0.357. The molecule has 0 spiro atoms. The fourth-order valence-electron chi connectivity index (χ4n) is 2.82. The normalized spacial score (nSPS) is 34.4. The highest BCUT2D eigenvalue weighted by molar-refractivity contribution is 4.95. The summed E-state index contributed by atoms with van der Waals surface area (Å²) in [5.41, 5.74) is -0.357. The topological polar surface area (TPSA) is 32.3 Å². The highest BCUT2D eigenvalue weighted by atomic mass is 16.3. The van der Waals surface area contributed by atoms with Gasteiger partial charge in [0.25, 0.3) is 0 Å². The van der Waals surface area contributed by atoms with Crippen molar-refractivity contribution in [1.29, 1.82) is 0 Å². The zero-order valence-corrected chi connectivity index (χ0v) is 8.39. The summed E-state index contributed by atoms with van der Waals surface area (Å²) in [5.74, 6) is 0. The van der Waals surface area contributed by atoms with Crippen molar-refractivity contribution < 1.29 is 5.11 Å². The van der Waals surface area contributed by atoms with Gasteiger partial charge in [0.15, 0.2) is 0 Å². The molecule has 0 aromatic heterocycles. The minimum absolute atomic E-state index is 0.357. The molecule has 1 saturated carbocycles. The molecule has 1 aliphatic heterocycles. The van der Waals surface area contributed by atoms with Gasteiger partial charge in [-0.2, -0.15) is 0 Å². The van der Waals surface area contributed by atoms with Crippen LogP contribution in [0.25, 0.3) is 0 Å². The molecule has 2 N–H and O–H groups in total. The molecular weight excluding hydrogens is 162 g/mol. The first-order valence-corrected chi connectivity index (χ1v) is 5.77. The van der Waals surface area contributed by atoms with Crippen LogP contribution in [0, 0.1) is 0 Å². The van der Waals surface area contributed by atoms with Crippen molar-refractivity contribution in [1.82, 2.24) is 5.32 Å². The summed E-state index contributed by atoms with van der Waals surface area (Å²) in [7, 11) is 0. The lowest BCUT2D eigenvalue weighted by molar-refractivity contribution is 0.00663. The van der Waals surface area contributed by atoms with Crippen LogP contribution >= 0.6 is 0 Å². The van der Waals surface area contributed by atoms with Crippen LogP contribution in [-0.2, 0) is 0 Å². The molecule has 2 nitrogen and oxygen atoms in total. The Balaban J connectivity index is 1.96. The molecule has 76 valence electrons. The zero-order chi connectivity index (χ0) is 9.15. The molecule has 0 aromatic carbocycles. The van der Waals surface area contributed by atoms with Crippen molar-refractivity contribution in [3.05, 3.63) is 0 Å². The zero-order valence-electron chi connectivity index (χ0n) is 8.39. The Kier molecular flexibility index (Phi) is 2.89. The van der Waals surface area contributed by atoms with Crippen molar-refractivity contribution in [3.8, 4) is 0 Å². The van der Waals surface area contributed by atoms with Gasteiger partial charge >= 0.3 is 0 Å². The van der Waals surface area contributed by atoms with E-state index in [1.165, 1.54) is 38.5 Å². The minimum Gasteiger partial charge on any atom is -0.388 e. The lowest BCUT2D eigenvalue weighted by Crippen LogP contribution is -2.48. The molecular formula is C11H21NO. The van der Waals surface area contributed by atoms with E-state index in [1.54, 1.807) is 0 Å². The van der Waals surface area contributed by atoms with Crippen LogP contribution in [0.5, 0.6) is 0 Å². The second kappa shape index (κ2) is 3.97. The molecule has 2 heteroatoms. The van der Waals surface area contributed by atoms with Crippen LogP contribution in [0.15, 0.2) is 0 Å². The smallest absolute Gasteiger partial charge is 0.0800 e. The van der Waals surface area contributed by atoms with Gasteiger partial charge in [0.05, 0.1) is 5.60 Å². The van der Waals surface area contributed by atoms with Crippen molar-refractivity contribution in [2.45, 2.75) is 63.0 Å². The van der Waals surface area contributed by atoms with Gasteiger partial charge < -0.3 is 10.4 Å². The highest BCUT2D eigenvalue weighted by Crippen LogP contribution is 2.34. The standard InChI is InChI=1S/C11H21NO/c13-11(7-3-4-8-11)10-6-2-1-5-9-12-10/h10,12-13H,1-9H2/t10-/m0/s1. The van der Waals surface area contributed by atoms with Crippen LogP contribution in [0.4, 0.5) is 0 Å². The molecule has 0 unspecified atom stereocenters. The molecule has 1 atom stereocenters. The lowest BCUT2D eigenvalue weighted by Gasteiger charge is -2.32. The van der Waals surface area contributed by atoms with Crippen LogP contribution in [0.1, 0.15) is 51.4 Å². The van der Waals surface area contributed by atoms with E-state index in [4.69, 9.17) is 0 Å². The molecule has 0 aromatic rings. The van der Waals surface area contributed by atoms with Crippen molar-refractivity contribution in [2.24, 2.45) is 0 Å². The van der Waals surface area contributed by atoms with Gasteiger partial charge in [-0.25, -0.2) is 0 Å². The van der Waals surface area contributed by atoms with E-state index in [9.17, 15) is 5.11 Å². The van der Waals surface area contributed by atoms with E-state index < -0.39 is 0 Å². The monoisotopic (exact) mass is 183 g/mol. The van der Waals surface area contributed by atoms with Gasteiger partial charge in [0.1, 0.15) is 0 Å². The van der Waals surface area contributed by atoms with Crippen LogP contribution in [0.3, 0.4) is 0 Å². The van der Waals surface area contributed by atoms with E-state index in [0.717, 1.165) is 19.4 Å². The van der Waals surface area contributed by atoms with Gasteiger partial charge in [-0.1, -0.05) is 25.7 Å². The summed E-state index contributed by atoms with van der Waals surface area (Å²) in [5, 5.41) is 13.9. The number of hydrogen-bond acceptors (Lipinski definition) is 2. The predicted molar refractivity (Wildman–Crippen MR) is 53.7 cm³/mol. The van der Waals surface area contributed by atoms with Crippen LogP contribution < -0.4 is 5.32 Å². The SMILES string of the molecule is OC1([C@@H]2CCCCCN2)CCCC1. The summed E-state index contributed by atoms with van der Waals surface area (Å²) in [6.45, 7) is 1.10. The molecule has 0 bridgehead atoms. The first-order valence-electron chi connectivity index (χ1n) is 5.77. The van der Waals surface area contributed by atoms with E-state index in [2.05, 4.69) is 5.32 Å². The van der Waals surface area contributed by atoms with Crippen molar-refractivity contribution in [2.75, 3.05) is 6.54 Å². The molecule has 0 amide bonds. The van der Waals surface area contributed by atoms with E-state index in [0.29, 0.717) is 6.04 Å². The molecule has 1 aliphatic carbocycles. The van der Waals surface area contributed by atoms with E-state index >= 15 is 0 Å². The summed E-state index contributed by atoms with van der Waals surface area (Å²) in [6, 6.07) is 0.387. The third kappa shape index (κ3) is 2.05. The molecule has 0 radical (unpaired) electrons.